The van der Waals surface area contributed by atoms with Crippen LogP contribution in [0.4, 0.5) is 0 Å². The van der Waals surface area contributed by atoms with Gasteiger partial charge in [-0.15, -0.1) is 0 Å². The van der Waals surface area contributed by atoms with E-state index in [-0.39, 0.29) is 17.3 Å². The Kier molecular flexibility index (Phi) is 4.11. The first-order chi connectivity index (χ1) is 7.41. The molecule has 0 aliphatic carbocycles. The van der Waals surface area contributed by atoms with Crippen molar-refractivity contribution >= 4 is 5.97 Å². The Labute approximate surface area is 97.6 Å². The van der Waals surface area contributed by atoms with E-state index in [0.29, 0.717) is 6.61 Å². The first-order valence-corrected chi connectivity index (χ1v) is 5.62. The van der Waals surface area contributed by atoms with Crippen LogP contribution in [0.5, 0.6) is 0 Å². The Morgan fingerprint density at radius 1 is 1.25 bits per heavy atom. The topological polar surface area (TPSA) is 26.3 Å². The molecule has 0 saturated carbocycles. The maximum absolute atomic E-state index is 11.7. The van der Waals surface area contributed by atoms with Gasteiger partial charge in [-0.25, -0.2) is 0 Å². The lowest BCUT2D eigenvalue weighted by Gasteiger charge is -2.25. The van der Waals surface area contributed by atoms with E-state index in [2.05, 4.69) is 0 Å². The summed E-state index contributed by atoms with van der Waals surface area (Å²) in [5.41, 5.74) is 0.977. The molecule has 1 aromatic rings. The number of ether oxygens (including phenoxy) is 1. The fraction of sp³-hybridized carbons (Fsp3) is 0.500. The second-order valence-corrected chi connectivity index (χ2v) is 5.18. The smallest absolute Gasteiger partial charge is 0.309 e. The van der Waals surface area contributed by atoms with Gasteiger partial charge in [0.05, 0.1) is 5.92 Å². The average molecular weight is 220 g/mol. The molecular formula is C14H20O2. The fourth-order valence-corrected chi connectivity index (χ4v) is 1.21. The Morgan fingerprint density at radius 2 is 1.81 bits per heavy atom. The van der Waals surface area contributed by atoms with E-state index in [9.17, 15) is 4.79 Å². The van der Waals surface area contributed by atoms with Gasteiger partial charge in [0.25, 0.3) is 0 Å². The molecule has 0 aliphatic heterocycles. The predicted molar refractivity (Wildman–Crippen MR) is 64.9 cm³/mol. The maximum atomic E-state index is 11.7. The van der Waals surface area contributed by atoms with Crippen molar-refractivity contribution in [1.82, 2.24) is 0 Å². The van der Waals surface area contributed by atoms with Crippen LogP contribution in [0.1, 0.15) is 33.3 Å². The van der Waals surface area contributed by atoms with Crippen molar-refractivity contribution in [3.63, 3.8) is 0 Å². The van der Waals surface area contributed by atoms with Gasteiger partial charge in [-0.3, -0.25) is 4.79 Å². The van der Waals surface area contributed by atoms with Gasteiger partial charge in [0.2, 0.25) is 0 Å². The molecule has 0 N–H and O–H groups in total. The number of hydrogen-bond acceptors (Lipinski definition) is 2. The minimum atomic E-state index is -0.128. The van der Waals surface area contributed by atoms with E-state index in [1.54, 1.807) is 0 Å². The van der Waals surface area contributed by atoms with Crippen molar-refractivity contribution in [2.24, 2.45) is 11.3 Å². The lowest BCUT2D eigenvalue weighted by molar-refractivity contribution is -0.152. The Bertz CT molecular complexity index is 336. The van der Waals surface area contributed by atoms with E-state index in [4.69, 9.17) is 4.74 Å². The predicted octanol–water partition coefficient (Wildman–Crippen LogP) is 3.41. The molecule has 0 bridgehead atoms. The Hall–Kier alpha value is -1.31. The molecule has 16 heavy (non-hydrogen) atoms. The van der Waals surface area contributed by atoms with Gasteiger partial charge in [0.1, 0.15) is 6.61 Å². The molecule has 88 valence electrons. The summed E-state index contributed by atoms with van der Waals surface area (Å²) in [6.45, 7) is 8.40. The molecule has 1 rings (SSSR count). The SMILES string of the molecule is CC(C(=O)OCc1ccccc1)C(C)(C)C. The van der Waals surface area contributed by atoms with E-state index in [0.717, 1.165) is 5.56 Å². The number of esters is 1. The van der Waals surface area contributed by atoms with Crippen molar-refractivity contribution in [1.29, 1.82) is 0 Å². The first kappa shape index (κ1) is 12.8. The summed E-state index contributed by atoms with van der Waals surface area (Å²) in [6, 6.07) is 9.74. The summed E-state index contributed by atoms with van der Waals surface area (Å²) >= 11 is 0. The molecule has 0 aliphatic rings. The van der Waals surface area contributed by atoms with Gasteiger partial charge in [-0.05, 0) is 11.0 Å². The number of hydrogen-bond donors (Lipinski definition) is 0. The minimum absolute atomic E-state index is 0.0478. The van der Waals surface area contributed by atoms with Gasteiger partial charge in [0.15, 0.2) is 0 Å². The molecule has 0 spiro atoms. The van der Waals surface area contributed by atoms with Crippen LogP contribution in [0.15, 0.2) is 30.3 Å². The van der Waals surface area contributed by atoms with Gasteiger partial charge >= 0.3 is 5.97 Å². The van der Waals surface area contributed by atoms with Gasteiger partial charge < -0.3 is 4.74 Å². The van der Waals surface area contributed by atoms with Crippen LogP contribution >= 0.6 is 0 Å². The molecule has 0 radical (unpaired) electrons. The summed E-state index contributed by atoms with van der Waals surface area (Å²) in [5.74, 6) is -0.215. The van der Waals surface area contributed by atoms with Crippen LogP contribution in [0.3, 0.4) is 0 Å². The zero-order valence-electron chi connectivity index (χ0n) is 10.5. The summed E-state index contributed by atoms with van der Waals surface area (Å²) in [6.07, 6.45) is 0. The van der Waals surface area contributed by atoms with Crippen LogP contribution < -0.4 is 0 Å². The third-order valence-electron chi connectivity index (χ3n) is 2.88. The van der Waals surface area contributed by atoms with E-state index in [1.165, 1.54) is 0 Å². The molecule has 0 fully saturated rings. The van der Waals surface area contributed by atoms with E-state index < -0.39 is 0 Å². The van der Waals surface area contributed by atoms with E-state index in [1.807, 2.05) is 58.0 Å². The number of carbonyl (C=O) groups is 1. The molecule has 1 atom stereocenters. The molecule has 2 heteroatoms. The standard InChI is InChI=1S/C14H20O2/c1-11(14(2,3)4)13(15)16-10-12-8-6-5-7-9-12/h5-9,11H,10H2,1-4H3. The van der Waals surface area contributed by atoms with Gasteiger partial charge in [-0.1, -0.05) is 58.0 Å². The van der Waals surface area contributed by atoms with Crippen molar-refractivity contribution in [2.75, 3.05) is 0 Å². The Morgan fingerprint density at radius 3 is 2.31 bits per heavy atom. The fourth-order valence-electron chi connectivity index (χ4n) is 1.21. The van der Waals surface area contributed by atoms with Crippen molar-refractivity contribution in [3.8, 4) is 0 Å². The zero-order chi connectivity index (χ0) is 12.2. The highest BCUT2D eigenvalue weighted by molar-refractivity contribution is 5.72. The second kappa shape index (κ2) is 5.15. The largest absolute Gasteiger partial charge is 0.461 e. The maximum Gasteiger partial charge on any atom is 0.309 e. The highest BCUT2D eigenvalue weighted by Crippen LogP contribution is 2.26. The Balaban J connectivity index is 2.48. The number of benzene rings is 1. The highest BCUT2D eigenvalue weighted by Gasteiger charge is 2.27. The normalized spacial score (nSPS) is 13.2. The third kappa shape index (κ3) is 3.69. The summed E-state index contributed by atoms with van der Waals surface area (Å²) < 4.78 is 5.28. The minimum Gasteiger partial charge on any atom is -0.461 e. The van der Waals surface area contributed by atoms with E-state index >= 15 is 0 Å². The van der Waals surface area contributed by atoms with Crippen LogP contribution in [0.2, 0.25) is 0 Å². The van der Waals surface area contributed by atoms with Crippen molar-refractivity contribution < 1.29 is 9.53 Å². The molecule has 2 nitrogen and oxygen atoms in total. The summed E-state index contributed by atoms with van der Waals surface area (Å²) in [4.78, 5) is 11.7. The first-order valence-electron chi connectivity index (χ1n) is 5.62. The quantitative estimate of drug-likeness (QED) is 0.730. The molecule has 1 aromatic carbocycles. The lowest BCUT2D eigenvalue weighted by Crippen LogP contribution is -2.27. The monoisotopic (exact) mass is 220 g/mol. The molecule has 0 heterocycles. The molecule has 1 unspecified atom stereocenters. The molecule has 0 amide bonds. The van der Waals surface area contributed by atoms with Gasteiger partial charge in [0, 0.05) is 0 Å². The number of rotatable bonds is 3. The van der Waals surface area contributed by atoms with Crippen LogP contribution in [-0.2, 0) is 16.1 Å². The van der Waals surface area contributed by atoms with Crippen LogP contribution in [0, 0.1) is 11.3 Å². The number of carbonyl (C=O) groups excluding carboxylic acids is 1. The van der Waals surface area contributed by atoms with Gasteiger partial charge in [-0.2, -0.15) is 0 Å². The molecule has 0 aromatic heterocycles. The molecule has 0 saturated heterocycles. The summed E-state index contributed by atoms with van der Waals surface area (Å²) in [5, 5.41) is 0. The third-order valence-corrected chi connectivity index (χ3v) is 2.88. The average Bonchev–Trinajstić information content (AvgIpc) is 2.25. The lowest BCUT2D eigenvalue weighted by atomic mass is 9.82. The van der Waals surface area contributed by atoms with Crippen LogP contribution in [0.25, 0.3) is 0 Å². The second-order valence-electron chi connectivity index (χ2n) is 5.18. The summed E-state index contributed by atoms with van der Waals surface area (Å²) in [7, 11) is 0. The van der Waals surface area contributed by atoms with Crippen molar-refractivity contribution in [3.05, 3.63) is 35.9 Å². The van der Waals surface area contributed by atoms with Crippen molar-refractivity contribution in [2.45, 2.75) is 34.3 Å². The molecular weight excluding hydrogens is 200 g/mol. The highest BCUT2D eigenvalue weighted by atomic mass is 16.5. The van der Waals surface area contributed by atoms with Crippen LogP contribution in [-0.4, -0.2) is 5.97 Å². The zero-order valence-corrected chi connectivity index (χ0v) is 10.5.